The van der Waals surface area contributed by atoms with E-state index >= 15 is 0 Å². The second-order valence-corrected chi connectivity index (χ2v) is 6.91. The zero-order chi connectivity index (χ0) is 18.8. The normalized spacial score (nSPS) is 19.7. The Morgan fingerprint density at radius 2 is 1.93 bits per heavy atom. The van der Waals surface area contributed by atoms with E-state index in [1.807, 2.05) is 35.0 Å². The molecule has 8 nitrogen and oxygen atoms in total. The Morgan fingerprint density at radius 1 is 1.19 bits per heavy atom. The van der Waals surface area contributed by atoms with Crippen molar-refractivity contribution in [3.63, 3.8) is 0 Å². The number of hydrogen-bond donors (Lipinski definition) is 2. The lowest BCUT2D eigenvalue weighted by Crippen LogP contribution is -2.40. The van der Waals surface area contributed by atoms with Gasteiger partial charge in [-0.25, -0.2) is 14.3 Å². The second-order valence-electron chi connectivity index (χ2n) is 6.91. The average Bonchev–Trinajstić information content (AvgIpc) is 3.12. The van der Waals surface area contributed by atoms with Crippen LogP contribution in [0.5, 0.6) is 0 Å². The Bertz CT molecular complexity index is 934. The molecular weight excluding hydrogens is 344 g/mol. The van der Waals surface area contributed by atoms with Crippen molar-refractivity contribution in [2.75, 3.05) is 12.4 Å². The van der Waals surface area contributed by atoms with Crippen LogP contribution in [0.1, 0.15) is 25.7 Å². The van der Waals surface area contributed by atoms with Crippen LogP contribution in [0, 0.1) is 0 Å². The van der Waals surface area contributed by atoms with Crippen LogP contribution >= 0.6 is 0 Å². The number of fused-ring (bicyclic) bond motifs is 1. The van der Waals surface area contributed by atoms with Gasteiger partial charge in [-0.2, -0.15) is 0 Å². The highest BCUT2D eigenvalue weighted by molar-refractivity contribution is 5.65. The Balaban J connectivity index is 1.48. The van der Waals surface area contributed by atoms with Crippen molar-refractivity contribution < 1.29 is 9.90 Å². The molecule has 3 aromatic rings. The number of hydrogen-bond acceptors (Lipinski definition) is 5. The molecule has 0 unspecified atom stereocenters. The van der Waals surface area contributed by atoms with Gasteiger partial charge >= 0.3 is 6.09 Å². The smallest absolute Gasteiger partial charge is 0.407 e. The Labute approximate surface area is 156 Å². The van der Waals surface area contributed by atoms with Gasteiger partial charge < -0.3 is 15.3 Å². The van der Waals surface area contributed by atoms with E-state index in [2.05, 4.69) is 15.3 Å². The van der Waals surface area contributed by atoms with Gasteiger partial charge in [-0.15, -0.1) is 5.10 Å². The van der Waals surface area contributed by atoms with E-state index in [0.717, 1.165) is 48.4 Å². The third-order valence-electron chi connectivity index (χ3n) is 5.24. The Hall–Kier alpha value is -3.16. The molecule has 1 aliphatic rings. The van der Waals surface area contributed by atoms with Gasteiger partial charge in [0.1, 0.15) is 5.82 Å². The van der Waals surface area contributed by atoms with Crippen LogP contribution < -0.4 is 5.32 Å². The summed E-state index contributed by atoms with van der Waals surface area (Å²) >= 11 is 0. The number of nitrogens with one attached hydrogen (secondary N) is 1. The lowest BCUT2D eigenvalue weighted by atomic mass is 9.90. The molecule has 1 aliphatic carbocycles. The molecule has 3 heterocycles. The summed E-state index contributed by atoms with van der Waals surface area (Å²) in [5, 5.41) is 17.3. The van der Waals surface area contributed by atoms with Crippen LogP contribution in [0.2, 0.25) is 0 Å². The SMILES string of the molecule is CN(C(=O)O)[C@H]1CC[C@H](Nc2ccc3ncc(-c4ccncc4)n3n2)CC1. The number of amides is 1. The van der Waals surface area contributed by atoms with Gasteiger partial charge in [-0.1, -0.05) is 0 Å². The summed E-state index contributed by atoms with van der Waals surface area (Å²) in [6, 6.07) is 8.15. The summed E-state index contributed by atoms with van der Waals surface area (Å²) in [5.41, 5.74) is 2.72. The minimum absolute atomic E-state index is 0.0999. The van der Waals surface area contributed by atoms with Crippen LogP contribution in [0.15, 0.2) is 42.9 Å². The molecule has 4 rings (SSSR count). The minimum Gasteiger partial charge on any atom is -0.465 e. The van der Waals surface area contributed by atoms with E-state index < -0.39 is 6.09 Å². The largest absolute Gasteiger partial charge is 0.465 e. The first-order chi connectivity index (χ1) is 13.1. The molecule has 1 fully saturated rings. The van der Waals surface area contributed by atoms with Crippen molar-refractivity contribution in [2.45, 2.75) is 37.8 Å². The maximum Gasteiger partial charge on any atom is 0.407 e. The van der Waals surface area contributed by atoms with Gasteiger partial charge in [-0.05, 0) is 49.9 Å². The topological polar surface area (TPSA) is 95.7 Å². The van der Waals surface area contributed by atoms with Gasteiger partial charge in [0, 0.05) is 37.1 Å². The lowest BCUT2D eigenvalue weighted by Gasteiger charge is -2.33. The van der Waals surface area contributed by atoms with Crippen molar-refractivity contribution >= 4 is 17.6 Å². The summed E-state index contributed by atoms with van der Waals surface area (Å²) < 4.78 is 1.83. The maximum absolute atomic E-state index is 11.1. The molecule has 0 spiro atoms. The minimum atomic E-state index is -0.859. The summed E-state index contributed by atoms with van der Waals surface area (Å²) in [5.74, 6) is 0.797. The fourth-order valence-electron chi connectivity index (χ4n) is 3.64. The van der Waals surface area contributed by atoms with Crippen molar-refractivity contribution in [1.29, 1.82) is 0 Å². The number of nitrogens with zero attached hydrogens (tertiary/aromatic N) is 5. The standard InChI is InChI=1S/C19H22N6O2/c1-24(19(26)27)15-4-2-14(3-5-15)22-17-6-7-18-21-12-16(25(18)23-17)13-8-10-20-11-9-13/h6-12,14-15H,2-5H2,1H3,(H,22,23)(H,26,27)/t14-,15-. The number of rotatable bonds is 4. The predicted octanol–water partition coefficient (Wildman–Crippen LogP) is 3.12. The van der Waals surface area contributed by atoms with E-state index in [-0.39, 0.29) is 6.04 Å². The third-order valence-corrected chi connectivity index (χ3v) is 5.24. The highest BCUT2D eigenvalue weighted by Gasteiger charge is 2.26. The van der Waals surface area contributed by atoms with Crippen molar-refractivity contribution in [3.8, 4) is 11.3 Å². The van der Waals surface area contributed by atoms with Crippen molar-refractivity contribution in [1.82, 2.24) is 24.5 Å². The summed E-state index contributed by atoms with van der Waals surface area (Å²) in [6.07, 6.45) is 8.02. The fraction of sp³-hybridized carbons (Fsp3) is 0.368. The highest BCUT2D eigenvalue weighted by atomic mass is 16.4. The molecule has 0 radical (unpaired) electrons. The second kappa shape index (κ2) is 7.22. The predicted molar refractivity (Wildman–Crippen MR) is 102 cm³/mol. The third kappa shape index (κ3) is 3.55. The number of carboxylic acid groups (broad SMARTS) is 1. The molecule has 0 aromatic carbocycles. The molecule has 8 heteroatoms. The van der Waals surface area contributed by atoms with Gasteiger partial charge in [0.05, 0.1) is 11.9 Å². The monoisotopic (exact) mass is 366 g/mol. The van der Waals surface area contributed by atoms with E-state index in [0.29, 0.717) is 6.04 Å². The molecule has 27 heavy (non-hydrogen) atoms. The molecule has 0 aliphatic heterocycles. The van der Waals surface area contributed by atoms with Gasteiger partial charge in [0.15, 0.2) is 5.65 Å². The first-order valence-corrected chi connectivity index (χ1v) is 9.09. The first kappa shape index (κ1) is 17.3. The number of aromatic nitrogens is 4. The molecule has 2 N–H and O–H groups in total. The summed E-state index contributed by atoms with van der Waals surface area (Å²) in [7, 11) is 1.65. The maximum atomic E-state index is 11.1. The van der Waals surface area contributed by atoms with Crippen LogP contribution in [-0.4, -0.2) is 54.8 Å². The molecule has 3 aromatic heterocycles. The number of carbonyl (C=O) groups is 1. The first-order valence-electron chi connectivity index (χ1n) is 9.09. The molecule has 0 bridgehead atoms. The number of imidazole rings is 1. The molecule has 0 atom stereocenters. The highest BCUT2D eigenvalue weighted by Crippen LogP contribution is 2.25. The van der Waals surface area contributed by atoms with Crippen molar-refractivity contribution in [3.05, 3.63) is 42.9 Å². The van der Waals surface area contributed by atoms with Crippen LogP contribution in [0.25, 0.3) is 16.9 Å². The van der Waals surface area contributed by atoms with E-state index in [1.54, 1.807) is 19.4 Å². The molecule has 1 saturated carbocycles. The fourth-order valence-corrected chi connectivity index (χ4v) is 3.64. The lowest BCUT2D eigenvalue weighted by molar-refractivity contribution is 0.125. The van der Waals surface area contributed by atoms with Crippen molar-refractivity contribution in [2.24, 2.45) is 0 Å². The van der Waals surface area contributed by atoms with Crippen LogP contribution in [0.3, 0.4) is 0 Å². The molecule has 0 saturated heterocycles. The Morgan fingerprint density at radius 3 is 2.63 bits per heavy atom. The van der Waals surface area contributed by atoms with Crippen LogP contribution in [-0.2, 0) is 0 Å². The van der Waals surface area contributed by atoms with E-state index in [9.17, 15) is 4.79 Å². The van der Waals surface area contributed by atoms with Gasteiger partial charge in [-0.3, -0.25) is 4.98 Å². The Kier molecular flexibility index (Phi) is 4.62. The van der Waals surface area contributed by atoms with Crippen LogP contribution in [0.4, 0.5) is 10.6 Å². The zero-order valence-electron chi connectivity index (χ0n) is 15.1. The quantitative estimate of drug-likeness (QED) is 0.736. The molecule has 1 amide bonds. The molecular formula is C19H22N6O2. The number of anilines is 1. The average molecular weight is 366 g/mol. The van der Waals surface area contributed by atoms with Gasteiger partial charge in [0.25, 0.3) is 0 Å². The zero-order valence-corrected chi connectivity index (χ0v) is 15.1. The number of pyridine rings is 1. The van der Waals surface area contributed by atoms with E-state index in [1.165, 1.54) is 4.90 Å². The molecule has 140 valence electrons. The van der Waals surface area contributed by atoms with E-state index in [4.69, 9.17) is 10.2 Å². The summed E-state index contributed by atoms with van der Waals surface area (Å²) in [6.45, 7) is 0. The van der Waals surface area contributed by atoms with Gasteiger partial charge in [0.2, 0.25) is 0 Å². The summed E-state index contributed by atoms with van der Waals surface area (Å²) in [4.78, 5) is 21.0.